The van der Waals surface area contributed by atoms with Crippen LogP contribution in [0.3, 0.4) is 0 Å². The molecule has 11 nitrogen and oxygen atoms in total. The Balaban J connectivity index is 1.19. The van der Waals surface area contributed by atoms with E-state index in [1.807, 2.05) is 22.9 Å². The molecule has 0 radical (unpaired) electrons. The first-order valence-corrected chi connectivity index (χ1v) is 11.4. The minimum Gasteiger partial charge on any atom is -0.507 e. The number of hydrogen-bond acceptors (Lipinski definition) is 10. The van der Waals surface area contributed by atoms with Gasteiger partial charge in [0, 0.05) is 31.7 Å². The fraction of sp³-hybridized carbons (Fsp3) is 0.348. The zero-order valence-corrected chi connectivity index (χ0v) is 18.5. The first kappa shape index (κ1) is 20.6. The molecule has 0 amide bonds. The van der Waals surface area contributed by atoms with Crippen LogP contribution in [0.4, 0.5) is 11.8 Å². The Morgan fingerprint density at radius 3 is 2.53 bits per heavy atom. The predicted molar refractivity (Wildman–Crippen MR) is 127 cm³/mol. The molecule has 2 aliphatic rings. The van der Waals surface area contributed by atoms with Gasteiger partial charge in [-0.25, -0.2) is 9.97 Å². The van der Waals surface area contributed by atoms with Gasteiger partial charge >= 0.3 is 0 Å². The monoisotopic (exact) mass is 459 g/mol. The number of aromatic hydroxyl groups is 1. The van der Waals surface area contributed by atoms with E-state index in [4.69, 9.17) is 10.5 Å². The molecule has 0 bridgehead atoms. The van der Waals surface area contributed by atoms with Crippen LogP contribution in [0.25, 0.3) is 22.3 Å². The maximum atomic E-state index is 10.2. The number of nitrogens with two attached hydrogens (primary N) is 1. The molecule has 5 heterocycles. The second-order valence-corrected chi connectivity index (χ2v) is 8.65. The number of anilines is 2. The normalized spacial score (nSPS) is 17.1. The molecule has 6 rings (SSSR count). The predicted octanol–water partition coefficient (Wildman–Crippen LogP) is 1.76. The van der Waals surface area contributed by atoms with E-state index in [1.165, 1.54) is 0 Å². The van der Waals surface area contributed by atoms with Crippen molar-refractivity contribution in [2.24, 2.45) is 0 Å². The van der Waals surface area contributed by atoms with Crippen molar-refractivity contribution in [1.29, 1.82) is 0 Å². The molecule has 1 aromatic carbocycles. The third kappa shape index (κ3) is 3.73. The van der Waals surface area contributed by atoms with E-state index in [0.717, 1.165) is 44.5 Å². The maximum absolute atomic E-state index is 10.2. The lowest BCUT2D eigenvalue weighted by atomic mass is 10.1. The van der Waals surface area contributed by atoms with E-state index in [1.54, 1.807) is 24.5 Å². The Labute approximate surface area is 195 Å². The Hall–Kier alpha value is -3.99. The number of fused-ring (bicyclic) bond motifs is 1. The van der Waals surface area contributed by atoms with E-state index in [2.05, 4.69) is 35.5 Å². The van der Waals surface area contributed by atoms with Crippen LogP contribution in [-0.4, -0.2) is 67.3 Å². The minimum atomic E-state index is 0.157. The third-order valence-corrected chi connectivity index (χ3v) is 6.41. The molecule has 174 valence electrons. The van der Waals surface area contributed by atoms with Crippen molar-refractivity contribution in [1.82, 2.24) is 35.3 Å². The molecule has 0 unspecified atom stereocenters. The fourth-order valence-electron chi connectivity index (χ4n) is 4.44. The van der Waals surface area contributed by atoms with Gasteiger partial charge in [-0.1, -0.05) is 12.1 Å². The van der Waals surface area contributed by atoms with Crippen molar-refractivity contribution in [3.63, 3.8) is 0 Å². The molecule has 11 heteroatoms. The lowest BCUT2D eigenvalue weighted by Gasteiger charge is -2.32. The number of nitrogens with one attached hydrogen (secondary N) is 1. The zero-order valence-electron chi connectivity index (χ0n) is 18.5. The molecule has 4 aromatic rings. The Bertz CT molecular complexity index is 1310. The Morgan fingerprint density at radius 1 is 1.06 bits per heavy atom. The van der Waals surface area contributed by atoms with Crippen LogP contribution in [0.5, 0.6) is 11.5 Å². The quantitative estimate of drug-likeness (QED) is 0.404. The lowest BCUT2D eigenvalue weighted by molar-refractivity contribution is 0.141. The molecule has 2 saturated heterocycles. The molecule has 0 spiro atoms. The van der Waals surface area contributed by atoms with Gasteiger partial charge in [-0.2, -0.15) is 5.10 Å². The lowest BCUT2D eigenvalue weighted by Crippen LogP contribution is -2.50. The standard InChI is InChI=1S/C23H25N9O2/c24-22-21-19(9-18(28-29-21)17-3-1-2-4-20(17)33)32(30-22)14-5-7-31(8-6-14)23-26-12-16(13-27-23)34-15-10-25-11-15/h1-4,9,12-15,25,33H,5-8,10-11H2,(H2,24,30). The highest BCUT2D eigenvalue weighted by Crippen LogP contribution is 2.33. The van der Waals surface area contributed by atoms with Gasteiger partial charge in [0.25, 0.3) is 0 Å². The van der Waals surface area contributed by atoms with E-state index in [-0.39, 0.29) is 17.9 Å². The molecule has 0 saturated carbocycles. The van der Waals surface area contributed by atoms with Crippen LogP contribution in [0, 0.1) is 0 Å². The largest absolute Gasteiger partial charge is 0.507 e. The first-order chi connectivity index (χ1) is 16.7. The third-order valence-electron chi connectivity index (χ3n) is 6.41. The van der Waals surface area contributed by atoms with Crippen LogP contribution >= 0.6 is 0 Å². The van der Waals surface area contributed by atoms with Gasteiger partial charge in [-0.15, -0.1) is 10.2 Å². The van der Waals surface area contributed by atoms with Crippen molar-refractivity contribution < 1.29 is 9.84 Å². The highest BCUT2D eigenvalue weighted by atomic mass is 16.5. The highest BCUT2D eigenvalue weighted by molar-refractivity contribution is 5.87. The average Bonchev–Trinajstić information content (AvgIpc) is 3.18. The summed E-state index contributed by atoms with van der Waals surface area (Å²) in [6.45, 7) is 3.32. The van der Waals surface area contributed by atoms with Crippen molar-refractivity contribution in [2.45, 2.75) is 25.0 Å². The van der Waals surface area contributed by atoms with Crippen LogP contribution in [0.1, 0.15) is 18.9 Å². The average molecular weight is 460 g/mol. The molecule has 4 N–H and O–H groups in total. The molecule has 2 aliphatic heterocycles. The zero-order chi connectivity index (χ0) is 23.1. The van der Waals surface area contributed by atoms with E-state index in [9.17, 15) is 5.11 Å². The van der Waals surface area contributed by atoms with Crippen LogP contribution < -0.4 is 20.7 Å². The number of phenols is 1. The maximum Gasteiger partial charge on any atom is 0.225 e. The van der Waals surface area contributed by atoms with Gasteiger partial charge in [0.15, 0.2) is 17.1 Å². The van der Waals surface area contributed by atoms with E-state index in [0.29, 0.717) is 34.3 Å². The smallest absolute Gasteiger partial charge is 0.225 e. The summed E-state index contributed by atoms with van der Waals surface area (Å²) in [4.78, 5) is 11.2. The van der Waals surface area contributed by atoms with E-state index >= 15 is 0 Å². The summed E-state index contributed by atoms with van der Waals surface area (Å²) in [5.41, 5.74) is 8.74. The number of nitrogen functional groups attached to an aromatic ring is 1. The van der Waals surface area contributed by atoms with Crippen LogP contribution in [0.2, 0.25) is 0 Å². The second-order valence-electron chi connectivity index (χ2n) is 8.65. The Kier molecular flexibility index (Phi) is 5.10. The molecule has 34 heavy (non-hydrogen) atoms. The van der Waals surface area contributed by atoms with Crippen LogP contribution in [0.15, 0.2) is 42.7 Å². The summed E-state index contributed by atoms with van der Waals surface area (Å²) in [7, 11) is 0. The number of aromatic nitrogens is 6. The molecule has 3 aromatic heterocycles. The number of piperidine rings is 1. The van der Waals surface area contributed by atoms with Gasteiger partial charge in [-0.05, 0) is 31.0 Å². The molecular formula is C23H25N9O2. The van der Waals surface area contributed by atoms with Crippen LogP contribution in [-0.2, 0) is 0 Å². The number of para-hydroxylation sites is 1. The van der Waals surface area contributed by atoms with Gasteiger partial charge in [-0.3, -0.25) is 4.68 Å². The summed E-state index contributed by atoms with van der Waals surface area (Å²) in [6.07, 6.45) is 5.42. The molecule has 0 atom stereocenters. The fourth-order valence-corrected chi connectivity index (χ4v) is 4.44. The van der Waals surface area contributed by atoms with E-state index < -0.39 is 0 Å². The highest BCUT2D eigenvalue weighted by Gasteiger charge is 2.26. The topological polar surface area (TPSA) is 140 Å². The minimum absolute atomic E-state index is 0.157. The molecule has 2 fully saturated rings. The van der Waals surface area contributed by atoms with Crippen molar-refractivity contribution in [3.05, 3.63) is 42.7 Å². The summed E-state index contributed by atoms with van der Waals surface area (Å²) in [6, 6.07) is 9.13. The van der Waals surface area contributed by atoms with Gasteiger partial charge in [0.2, 0.25) is 5.95 Å². The number of rotatable bonds is 5. The molecular weight excluding hydrogens is 434 g/mol. The van der Waals surface area contributed by atoms with Crippen molar-refractivity contribution >= 4 is 22.8 Å². The summed E-state index contributed by atoms with van der Waals surface area (Å²) >= 11 is 0. The number of hydrogen-bond donors (Lipinski definition) is 3. The molecule has 0 aliphatic carbocycles. The number of ether oxygens (including phenoxy) is 1. The Morgan fingerprint density at radius 2 is 1.82 bits per heavy atom. The SMILES string of the molecule is Nc1nn(C2CCN(c3ncc(OC4CNC4)cn3)CC2)c2cc(-c3ccccc3O)nnc12. The van der Waals surface area contributed by atoms with Gasteiger partial charge in [0.05, 0.1) is 29.6 Å². The first-order valence-electron chi connectivity index (χ1n) is 11.4. The second kappa shape index (κ2) is 8.41. The number of nitrogens with zero attached hydrogens (tertiary/aromatic N) is 7. The number of benzene rings is 1. The van der Waals surface area contributed by atoms with Gasteiger partial charge < -0.3 is 25.8 Å². The summed E-state index contributed by atoms with van der Waals surface area (Å²) in [5, 5.41) is 26.6. The van der Waals surface area contributed by atoms with Gasteiger partial charge in [0.1, 0.15) is 11.9 Å². The number of phenolic OH excluding ortho intramolecular Hbond substituents is 1. The summed E-state index contributed by atoms with van der Waals surface area (Å²) < 4.78 is 7.75. The van der Waals surface area contributed by atoms with Crippen molar-refractivity contribution in [2.75, 3.05) is 36.8 Å². The van der Waals surface area contributed by atoms with Crippen molar-refractivity contribution in [3.8, 4) is 22.8 Å². The summed E-state index contributed by atoms with van der Waals surface area (Å²) in [5.74, 6) is 1.92.